The second-order valence-corrected chi connectivity index (χ2v) is 8.24. The Balaban J connectivity index is 2.07. The third-order valence-corrected chi connectivity index (χ3v) is 5.12. The van der Waals surface area contributed by atoms with Crippen molar-refractivity contribution in [3.8, 4) is 0 Å². The highest BCUT2D eigenvalue weighted by atomic mass is 16.6. The molecule has 0 aromatic rings. The molecule has 0 aliphatic carbocycles. The molecule has 0 aromatic heterocycles. The summed E-state index contributed by atoms with van der Waals surface area (Å²) in [6.07, 6.45) is 21.8. The number of carboxylic acid groups (broad SMARTS) is 1. The second kappa shape index (κ2) is 13.5. The molecule has 1 rings (SSSR count). The number of carbonyl (C=O) groups excluding carboxylic acids is 1. The lowest BCUT2D eigenvalue weighted by molar-refractivity contribution is -0.147. The van der Waals surface area contributed by atoms with Crippen molar-refractivity contribution >= 4 is 11.8 Å². The normalized spacial score (nSPS) is 19.8. The van der Waals surface area contributed by atoms with Gasteiger partial charge in [-0.25, -0.2) is 0 Å². The Kier molecular flexibility index (Phi) is 11.7. The van der Waals surface area contributed by atoms with Gasteiger partial charge in [0.15, 0.2) is 5.78 Å². The largest absolute Gasteiger partial charge is 0.481 e. The van der Waals surface area contributed by atoms with Crippen LogP contribution in [0.15, 0.2) is 36.5 Å². The highest BCUT2D eigenvalue weighted by Crippen LogP contribution is 2.30. The summed E-state index contributed by atoms with van der Waals surface area (Å²) in [6.45, 7) is 5.71. The van der Waals surface area contributed by atoms with Crippen molar-refractivity contribution in [2.75, 3.05) is 0 Å². The van der Waals surface area contributed by atoms with E-state index < -0.39 is 11.4 Å². The molecule has 0 amide bonds. The number of allylic oxidation sites excluding steroid dienone is 5. The summed E-state index contributed by atoms with van der Waals surface area (Å²) in [6, 6.07) is 0. The molecule has 2 atom stereocenters. The molecule has 158 valence electrons. The summed E-state index contributed by atoms with van der Waals surface area (Å²) in [4.78, 5) is 23.1. The second-order valence-electron chi connectivity index (χ2n) is 8.24. The molecule has 4 heteroatoms. The predicted octanol–water partition coefficient (Wildman–Crippen LogP) is 6.02. The molecule has 0 radical (unpaired) electrons. The van der Waals surface area contributed by atoms with Gasteiger partial charge in [0.2, 0.25) is 0 Å². The molecule has 1 saturated heterocycles. The van der Waals surface area contributed by atoms with Gasteiger partial charge in [0.05, 0.1) is 11.5 Å². The Hall–Kier alpha value is -1.68. The molecular weight excluding hydrogens is 352 g/mol. The first-order chi connectivity index (χ1) is 13.4. The summed E-state index contributed by atoms with van der Waals surface area (Å²) < 4.78 is 5.46. The van der Waals surface area contributed by atoms with Crippen molar-refractivity contribution in [2.45, 2.75) is 97.2 Å². The zero-order chi connectivity index (χ0) is 20.8. The first kappa shape index (κ1) is 24.4. The van der Waals surface area contributed by atoms with Crippen LogP contribution in [0, 0.1) is 5.41 Å². The first-order valence-corrected chi connectivity index (χ1v) is 10.8. The zero-order valence-electron chi connectivity index (χ0n) is 17.9. The fourth-order valence-corrected chi connectivity index (χ4v) is 2.99. The van der Waals surface area contributed by atoms with Crippen LogP contribution in [0.1, 0.15) is 85.0 Å². The molecule has 0 aromatic carbocycles. The van der Waals surface area contributed by atoms with Crippen LogP contribution in [0.25, 0.3) is 0 Å². The number of ether oxygens (including phenoxy) is 1. The van der Waals surface area contributed by atoms with E-state index in [4.69, 9.17) is 9.84 Å². The van der Waals surface area contributed by atoms with Crippen LogP contribution in [0.2, 0.25) is 0 Å². The highest BCUT2D eigenvalue weighted by molar-refractivity contribution is 5.95. The predicted molar refractivity (Wildman–Crippen MR) is 114 cm³/mol. The Morgan fingerprint density at radius 1 is 0.964 bits per heavy atom. The smallest absolute Gasteiger partial charge is 0.309 e. The minimum atomic E-state index is -0.759. The Morgan fingerprint density at radius 3 is 2.32 bits per heavy atom. The molecule has 1 aliphatic rings. The maximum absolute atomic E-state index is 12.0. The van der Waals surface area contributed by atoms with E-state index in [2.05, 4.69) is 31.2 Å². The van der Waals surface area contributed by atoms with Crippen molar-refractivity contribution in [2.24, 2.45) is 5.41 Å². The van der Waals surface area contributed by atoms with E-state index in [1.54, 1.807) is 19.9 Å². The van der Waals surface area contributed by atoms with E-state index in [9.17, 15) is 9.59 Å². The number of hydrogen-bond acceptors (Lipinski definition) is 3. The molecular formula is C24H38O4. The molecule has 4 nitrogen and oxygen atoms in total. The van der Waals surface area contributed by atoms with Crippen LogP contribution in [-0.2, 0) is 14.3 Å². The standard InChI is InChI=1S/C24H38O4/c1-4-5-6-7-8-9-10-11-12-13-14-17-20(25)22-21(28-22)18-15-16-19-24(2,3)23(26)27/h8-9,11-12,14,17,21-22H,4-7,10,13,15-16,18-19H2,1-3H3,(H,26,27)/b9-8-,12-11-,17-14-. The van der Waals surface area contributed by atoms with Gasteiger partial charge in [-0.3, -0.25) is 9.59 Å². The number of unbranched alkanes of at least 4 members (excludes halogenated alkanes) is 4. The minimum Gasteiger partial charge on any atom is -0.481 e. The molecule has 1 heterocycles. The van der Waals surface area contributed by atoms with Crippen LogP contribution in [0.5, 0.6) is 0 Å². The van der Waals surface area contributed by atoms with E-state index in [1.165, 1.54) is 19.3 Å². The maximum Gasteiger partial charge on any atom is 0.309 e. The molecule has 0 saturated carbocycles. The number of epoxide rings is 1. The molecule has 1 fully saturated rings. The summed E-state index contributed by atoms with van der Waals surface area (Å²) in [7, 11) is 0. The lowest BCUT2D eigenvalue weighted by Crippen LogP contribution is -2.23. The van der Waals surface area contributed by atoms with Gasteiger partial charge in [-0.2, -0.15) is 0 Å². The van der Waals surface area contributed by atoms with Crippen LogP contribution in [-0.4, -0.2) is 29.1 Å². The first-order valence-electron chi connectivity index (χ1n) is 10.8. The van der Waals surface area contributed by atoms with E-state index in [1.807, 2.05) is 6.08 Å². The summed E-state index contributed by atoms with van der Waals surface area (Å²) in [5, 5.41) is 9.09. The van der Waals surface area contributed by atoms with Crippen LogP contribution in [0.4, 0.5) is 0 Å². The number of aliphatic carboxylic acids is 1. The van der Waals surface area contributed by atoms with Gasteiger partial charge in [0.1, 0.15) is 6.10 Å². The molecule has 0 bridgehead atoms. The molecule has 1 N–H and O–H groups in total. The average Bonchev–Trinajstić information content (AvgIpc) is 3.43. The van der Waals surface area contributed by atoms with Crippen molar-refractivity contribution in [1.82, 2.24) is 0 Å². The Bertz CT molecular complexity index is 557. The third-order valence-electron chi connectivity index (χ3n) is 5.12. The van der Waals surface area contributed by atoms with E-state index >= 15 is 0 Å². The highest BCUT2D eigenvalue weighted by Gasteiger charge is 2.42. The van der Waals surface area contributed by atoms with Gasteiger partial charge in [0, 0.05) is 0 Å². The Morgan fingerprint density at radius 2 is 1.64 bits per heavy atom. The fourth-order valence-electron chi connectivity index (χ4n) is 2.99. The fraction of sp³-hybridized carbons (Fsp3) is 0.667. The molecule has 2 unspecified atom stereocenters. The van der Waals surface area contributed by atoms with Crippen LogP contribution < -0.4 is 0 Å². The topological polar surface area (TPSA) is 66.9 Å². The summed E-state index contributed by atoms with van der Waals surface area (Å²) in [5.74, 6) is -0.717. The quantitative estimate of drug-likeness (QED) is 0.151. The van der Waals surface area contributed by atoms with Crippen molar-refractivity contribution < 1.29 is 19.4 Å². The van der Waals surface area contributed by atoms with E-state index in [0.29, 0.717) is 6.42 Å². The van der Waals surface area contributed by atoms with Gasteiger partial charge in [-0.15, -0.1) is 0 Å². The zero-order valence-corrected chi connectivity index (χ0v) is 17.9. The van der Waals surface area contributed by atoms with Crippen LogP contribution >= 0.6 is 0 Å². The van der Waals surface area contributed by atoms with Gasteiger partial charge in [-0.1, -0.05) is 63.0 Å². The monoisotopic (exact) mass is 390 g/mol. The maximum atomic E-state index is 12.0. The minimum absolute atomic E-state index is 0.0125. The van der Waals surface area contributed by atoms with Crippen LogP contribution in [0.3, 0.4) is 0 Å². The lowest BCUT2D eigenvalue weighted by atomic mass is 9.87. The van der Waals surface area contributed by atoms with Gasteiger partial charge in [0.25, 0.3) is 0 Å². The van der Waals surface area contributed by atoms with Crippen molar-refractivity contribution in [1.29, 1.82) is 0 Å². The van der Waals surface area contributed by atoms with Crippen molar-refractivity contribution in [3.05, 3.63) is 36.5 Å². The number of ketones is 1. The molecule has 28 heavy (non-hydrogen) atoms. The summed E-state index contributed by atoms with van der Waals surface area (Å²) >= 11 is 0. The lowest BCUT2D eigenvalue weighted by Gasteiger charge is -2.18. The Labute approximate surface area is 170 Å². The van der Waals surface area contributed by atoms with Gasteiger partial charge in [-0.05, 0) is 58.4 Å². The van der Waals surface area contributed by atoms with E-state index in [0.717, 1.165) is 38.5 Å². The number of carboxylic acids is 1. The average molecular weight is 391 g/mol. The third kappa shape index (κ3) is 10.6. The van der Waals surface area contributed by atoms with Gasteiger partial charge >= 0.3 is 5.97 Å². The summed E-state index contributed by atoms with van der Waals surface area (Å²) in [5.41, 5.74) is -0.680. The molecule has 1 aliphatic heterocycles. The number of hydrogen-bond donors (Lipinski definition) is 1. The molecule has 0 spiro atoms. The number of carbonyl (C=O) groups is 2. The van der Waals surface area contributed by atoms with Gasteiger partial charge < -0.3 is 9.84 Å². The van der Waals surface area contributed by atoms with E-state index in [-0.39, 0.29) is 18.0 Å². The SMILES string of the molecule is CCCCC/C=C\C/C=C\C/C=C\C(=O)C1OC1CCCCC(C)(C)C(=O)O. The number of rotatable bonds is 16. The van der Waals surface area contributed by atoms with Crippen molar-refractivity contribution in [3.63, 3.8) is 0 Å².